The van der Waals surface area contributed by atoms with Gasteiger partial charge in [0.15, 0.2) is 0 Å². The number of aryl methyl sites for hydroxylation is 2. The number of nitrogens with one attached hydrogen (secondary N) is 1. The summed E-state index contributed by atoms with van der Waals surface area (Å²) in [4.78, 5) is 16.5. The zero-order valence-electron chi connectivity index (χ0n) is 11.8. The van der Waals surface area contributed by atoms with Crippen molar-refractivity contribution in [3.63, 3.8) is 0 Å². The third-order valence-electron chi connectivity index (χ3n) is 3.14. The van der Waals surface area contributed by atoms with Gasteiger partial charge < -0.3 is 11.1 Å². The van der Waals surface area contributed by atoms with Crippen molar-refractivity contribution < 1.29 is 0 Å². The summed E-state index contributed by atoms with van der Waals surface area (Å²) in [6.45, 7) is 4.12. The molecule has 0 fully saturated rings. The summed E-state index contributed by atoms with van der Waals surface area (Å²) in [5.41, 5.74) is 9.06. The summed E-state index contributed by atoms with van der Waals surface area (Å²) in [5, 5.41) is 3.14. The third-order valence-corrected chi connectivity index (χ3v) is 3.14. The molecule has 0 aliphatic carbocycles. The summed E-state index contributed by atoms with van der Waals surface area (Å²) in [6, 6.07) is 6.05. The van der Waals surface area contributed by atoms with E-state index in [0.29, 0.717) is 11.9 Å². The average molecular weight is 281 g/mol. The number of nitrogens with two attached hydrogens (primary N) is 1. The molecule has 0 amide bonds. The standard InChI is InChI=1S/C14H15N7/c1-9-3-4-11(7-10(9)2)17-13-18-12(15)19-14(20-13)21-6-5-16-8-21/h3-8H,1-2H3,(H3,15,17,18,19,20). The first kappa shape index (κ1) is 13.0. The number of hydrogen-bond donors (Lipinski definition) is 2. The first-order valence-electron chi connectivity index (χ1n) is 6.46. The molecule has 1 aromatic carbocycles. The van der Waals surface area contributed by atoms with Crippen LogP contribution in [0.3, 0.4) is 0 Å². The zero-order valence-corrected chi connectivity index (χ0v) is 11.8. The first-order valence-corrected chi connectivity index (χ1v) is 6.46. The lowest BCUT2D eigenvalue weighted by atomic mass is 10.1. The molecule has 3 rings (SSSR count). The number of benzene rings is 1. The monoisotopic (exact) mass is 281 g/mol. The Morgan fingerprint density at radius 3 is 2.67 bits per heavy atom. The van der Waals surface area contributed by atoms with Gasteiger partial charge in [-0.15, -0.1) is 0 Å². The summed E-state index contributed by atoms with van der Waals surface area (Å²) in [6.07, 6.45) is 5.00. The summed E-state index contributed by atoms with van der Waals surface area (Å²) in [7, 11) is 0. The minimum Gasteiger partial charge on any atom is -0.368 e. The highest BCUT2D eigenvalue weighted by molar-refractivity contribution is 5.56. The molecule has 0 bridgehead atoms. The second-order valence-electron chi connectivity index (χ2n) is 4.71. The van der Waals surface area contributed by atoms with Crippen molar-refractivity contribution in [2.75, 3.05) is 11.1 Å². The largest absolute Gasteiger partial charge is 0.368 e. The SMILES string of the molecule is Cc1ccc(Nc2nc(N)nc(-n3ccnc3)n2)cc1C. The number of anilines is 3. The van der Waals surface area contributed by atoms with E-state index in [0.717, 1.165) is 5.69 Å². The lowest BCUT2D eigenvalue weighted by Crippen LogP contribution is -2.08. The van der Waals surface area contributed by atoms with E-state index >= 15 is 0 Å². The van der Waals surface area contributed by atoms with Crippen molar-refractivity contribution in [2.24, 2.45) is 0 Å². The van der Waals surface area contributed by atoms with Gasteiger partial charge in [-0.1, -0.05) is 6.07 Å². The van der Waals surface area contributed by atoms with Gasteiger partial charge in [-0.3, -0.25) is 4.57 Å². The number of aromatic nitrogens is 5. The highest BCUT2D eigenvalue weighted by Crippen LogP contribution is 2.18. The maximum Gasteiger partial charge on any atom is 0.241 e. The van der Waals surface area contributed by atoms with E-state index in [4.69, 9.17) is 5.73 Å². The molecule has 106 valence electrons. The van der Waals surface area contributed by atoms with Crippen molar-refractivity contribution >= 4 is 17.6 Å². The summed E-state index contributed by atoms with van der Waals surface area (Å²) < 4.78 is 1.67. The van der Waals surface area contributed by atoms with Crippen LogP contribution in [0, 0.1) is 13.8 Å². The number of nitrogen functional groups attached to an aromatic ring is 1. The van der Waals surface area contributed by atoms with Crippen LogP contribution in [-0.2, 0) is 0 Å². The molecule has 7 nitrogen and oxygen atoms in total. The molecule has 0 unspecified atom stereocenters. The predicted molar refractivity (Wildman–Crippen MR) is 80.6 cm³/mol. The van der Waals surface area contributed by atoms with Gasteiger partial charge in [-0.2, -0.15) is 15.0 Å². The van der Waals surface area contributed by atoms with E-state index in [1.807, 2.05) is 18.2 Å². The van der Waals surface area contributed by atoms with E-state index in [1.54, 1.807) is 23.3 Å². The van der Waals surface area contributed by atoms with Crippen LogP contribution in [-0.4, -0.2) is 24.5 Å². The molecule has 0 saturated carbocycles. The molecule has 0 aliphatic rings. The summed E-state index contributed by atoms with van der Waals surface area (Å²) >= 11 is 0. The van der Waals surface area contributed by atoms with E-state index in [-0.39, 0.29) is 5.95 Å². The third kappa shape index (κ3) is 2.81. The quantitative estimate of drug-likeness (QED) is 0.762. The van der Waals surface area contributed by atoms with Crippen molar-refractivity contribution in [3.05, 3.63) is 48.0 Å². The molecular formula is C14H15N7. The second-order valence-corrected chi connectivity index (χ2v) is 4.71. The van der Waals surface area contributed by atoms with Crippen LogP contribution >= 0.6 is 0 Å². The molecule has 0 radical (unpaired) electrons. The van der Waals surface area contributed by atoms with Crippen LogP contribution in [0.4, 0.5) is 17.6 Å². The van der Waals surface area contributed by atoms with E-state index in [9.17, 15) is 0 Å². The van der Waals surface area contributed by atoms with Crippen LogP contribution in [0.1, 0.15) is 11.1 Å². The topological polar surface area (TPSA) is 94.5 Å². The molecule has 0 aliphatic heterocycles. The Bertz CT molecular complexity index is 765. The fraction of sp³-hybridized carbons (Fsp3) is 0.143. The lowest BCUT2D eigenvalue weighted by molar-refractivity contribution is 0.906. The molecular weight excluding hydrogens is 266 g/mol. The highest BCUT2D eigenvalue weighted by Gasteiger charge is 2.07. The first-order chi connectivity index (χ1) is 10.1. The van der Waals surface area contributed by atoms with E-state index < -0.39 is 0 Å². The highest BCUT2D eigenvalue weighted by atomic mass is 15.3. The number of imidazole rings is 1. The molecule has 2 aromatic heterocycles. The minimum absolute atomic E-state index is 0.153. The molecule has 0 atom stereocenters. The Kier molecular flexibility index (Phi) is 3.23. The second kappa shape index (κ2) is 5.20. The minimum atomic E-state index is 0.153. The molecule has 2 heterocycles. The van der Waals surface area contributed by atoms with Crippen LogP contribution in [0.15, 0.2) is 36.9 Å². The van der Waals surface area contributed by atoms with Gasteiger partial charge in [-0.05, 0) is 37.1 Å². The molecule has 7 heteroatoms. The molecule has 0 saturated heterocycles. The van der Waals surface area contributed by atoms with Gasteiger partial charge >= 0.3 is 0 Å². The smallest absolute Gasteiger partial charge is 0.241 e. The molecule has 3 aromatic rings. The maximum atomic E-state index is 5.74. The van der Waals surface area contributed by atoms with Crippen LogP contribution in [0.5, 0.6) is 0 Å². The molecule has 0 spiro atoms. The number of hydrogen-bond acceptors (Lipinski definition) is 6. The lowest BCUT2D eigenvalue weighted by Gasteiger charge is -2.09. The van der Waals surface area contributed by atoms with Crippen molar-refractivity contribution in [2.45, 2.75) is 13.8 Å². The van der Waals surface area contributed by atoms with Crippen LogP contribution in [0.2, 0.25) is 0 Å². The number of rotatable bonds is 3. The van der Waals surface area contributed by atoms with Gasteiger partial charge in [0.1, 0.15) is 6.33 Å². The van der Waals surface area contributed by atoms with Gasteiger partial charge in [0.25, 0.3) is 0 Å². The Morgan fingerprint density at radius 2 is 1.95 bits per heavy atom. The summed E-state index contributed by atoms with van der Waals surface area (Å²) in [5.74, 6) is 0.973. The van der Waals surface area contributed by atoms with Crippen molar-refractivity contribution in [3.8, 4) is 5.95 Å². The fourth-order valence-electron chi connectivity index (χ4n) is 1.88. The Hall–Kier alpha value is -2.96. The number of nitrogens with zero attached hydrogens (tertiary/aromatic N) is 5. The zero-order chi connectivity index (χ0) is 14.8. The fourth-order valence-corrected chi connectivity index (χ4v) is 1.88. The van der Waals surface area contributed by atoms with Crippen molar-refractivity contribution in [1.82, 2.24) is 24.5 Å². The van der Waals surface area contributed by atoms with Crippen LogP contribution < -0.4 is 11.1 Å². The normalized spacial score (nSPS) is 10.6. The van der Waals surface area contributed by atoms with Gasteiger partial charge in [0, 0.05) is 18.1 Å². The Labute approximate surface area is 121 Å². The van der Waals surface area contributed by atoms with Gasteiger partial charge in [0.2, 0.25) is 17.8 Å². The Morgan fingerprint density at radius 1 is 1.10 bits per heavy atom. The van der Waals surface area contributed by atoms with Gasteiger partial charge in [0.05, 0.1) is 0 Å². The van der Waals surface area contributed by atoms with E-state index in [1.165, 1.54) is 11.1 Å². The van der Waals surface area contributed by atoms with E-state index in [2.05, 4.69) is 39.1 Å². The van der Waals surface area contributed by atoms with Crippen LogP contribution in [0.25, 0.3) is 5.95 Å². The molecule has 21 heavy (non-hydrogen) atoms. The van der Waals surface area contributed by atoms with Gasteiger partial charge in [-0.25, -0.2) is 4.98 Å². The average Bonchev–Trinajstić information content (AvgIpc) is 2.96. The molecule has 3 N–H and O–H groups in total. The maximum absolute atomic E-state index is 5.74. The Balaban J connectivity index is 1.93. The van der Waals surface area contributed by atoms with Crippen molar-refractivity contribution in [1.29, 1.82) is 0 Å². The predicted octanol–water partition coefficient (Wildman–Crippen LogP) is 2.00.